The second-order valence-electron chi connectivity index (χ2n) is 6.57. The van der Waals surface area contributed by atoms with Crippen LogP contribution in [0, 0.1) is 0 Å². The molecule has 0 fully saturated rings. The van der Waals surface area contributed by atoms with E-state index in [9.17, 15) is 13.2 Å². The first kappa shape index (κ1) is 21.2. The maximum absolute atomic E-state index is 12.6. The van der Waals surface area contributed by atoms with Gasteiger partial charge in [-0.1, -0.05) is 13.8 Å². The molecule has 0 aliphatic heterocycles. The highest BCUT2D eigenvalue weighted by molar-refractivity contribution is 7.09. The fraction of sp³-hybridized carbons (Fsp3) is 0.588. The molecule has 0 aliphatic rings. The van der Waals surface area contributed by atoms with Gasteiger partial charge in [0.1, 0.15) is 0 Å². The molecule has 27 heavy (non-hydrogen) atoms. The molecule has 0 aliphatic carbocycles. The van der Waals surface area contributed by atoms with Gasteiger partial charge in [-0.05, 0) is 5.92 Å². The van der Waals surface area contributed by atoms with E-state index < -0.39 is 11.9 Å². The minimum absolute atomic E-state index is 0.317. The smallest absolute Gasteiger partial charge is 0.356 e. The van der Waals surface area contributed by atoms with Crippen LogP contribution in [0.1, 0.15) is 41.7 Å². The van der Waals surface area contributed by atoms with E-state index in [0.29, 0.717) is 36.4 Å². The van der Waals surface area contributed by atoms with Crippen molar-refractivity contribution >= 4 is 17.3 Å². The van der Waals surface area contributed by atoms with Crippen LogP contribution in [0.4, 0.5) is 13.2 Å². The Labute approximate surface area is 161 Å². The van der Waals surface area contributed by atoms with Crippen LogP contribution in [0.3, 0.4) is 0 Å². The number of nitrogens with one attached hydrogen (secondary N) is 1. The van der Waals surface area contributed by atoms with Crippen LogP contribution < -0.4 is 5.32 Å². The molecule has 2 aromatic heterocycles. The highest BCUT2D eigenvalue weighted by Crippen LogP contribution is 2.30. The Bertz CT molecular complexity index is 778. The van der Waals surface area contributed by atoms with Crippen LogP contribution in [-0.2, 0) is 26.2 Å². The Morgan fingerprint density at radius 2 is 2.11 bits per heavy atom. The topological polar surface area (TPSA) is 58.3 Å². The van der Waals surface area contributed by atoms with Gasteiger partial charge in [0.2, 0.25) is 0 Å². The third-order valence-electron chi connectivity index (χ3n) is 3.93. The monoisotopic (exact) mass is 402 g/mol. The zero-order valence-electron chi connectivity index (χ0n) is 16.1. The standard InChI is InChI=1S/C17H25F3N6S/c1-11(2)15-12(9-26(5)24-15)8-25(4)16(21-3)22-7-6-14-23-13(10-27-14)17(18,19)20/h9-11H,6-8H2,1-5H3,(H,21,22). The van der Waals surface area contributed by atoms with Gasteiger partial charge < -0.3 is 10.2 Å². The van der Waals surface area contributed by atoms with Crippen molar-refractivity contribution in [2.24, 2.45) is 12.0 Å². The first-order valence-corrected chi connectivity index (χ1v) is 9.45. The number of hydrogen-bond donors (Lipinski definition) is 1. The summed E-state index contributed by atoms with van der Waals surface area (Å²) in [6.07, 6.45) is -2.00. The number of aromatic nitrogens is 3. The molecule has 0 bridgehead atoms. The highest BCUT2D eigenvalue weighted by Gasteiger charge is 2.33. The van der Waals surface area contributed by atoms with Crippen LogP contribution in [-0.4, -0.2) is 46.3 Å². The molecule has 0 saturated heterocycles. The number of nitrogens with zero attached hydrogens (tertiary/aromatic N) is 5. The Morgan fingerprint density at radius 1 is 1.41 bits per heavy atom. The number of rotatable bonds is 6. The summed E-state index contributed by atoms with van der Waals surface area (Å²) in [5, 5.41) is 9.17. The summed E-state index contributed by atoms with van der Waals surface area (Å²) in [5.74, 6) is 0.985. The molecule has 150 valence electrons. The number of aliphatic imine (C=N–C) groups is 1. The lowest BCUT2D eigenvalue weighted by molar-refractivity contribution is -0.140. The second kappa shape index (κ2) is 8.73. The minimum atomic E-state index is -4.39. The number of guanidine groups is 1. The van der Waals surface area contributed by atoms with E-state index in [2.05, 4.69) is 34.2 Å². The van der Waals surface area contributed by atoms with Crippen molar-refractivity contribution in [1.82, 2.24) is 25.0 Å². The molecule has 0 spiro atoms. The van der Waals surface area contributed by atoms with Crippen LogP contribution >= 0.6 is 11.3 Å². The van der Waals surface area contributed by atoms with Crippen molar-refractivity contribution in [2.75, 3.05) is 20.6 Å². The maximum atomic E-state index is 12.6. The molecule has 0 saturated carbocycles. The molecule has 2 rings (SSSR count). The molecule has 0 atom stereocenters. The molecule has 0 aromatic carbocycles. The number of aryl methyl sites for hydroxylation is 1. The van der Waals surface area contributed by atoms with Crippen LogP contribution in [0.15, 0.2) is 16.6 Å². The largest absolute Gasteiger partial charge is 0.434 e. The van der Waals surface area contributed by atoms with Gasteiger partial charge in [0.25, 0.3) is 0 Å². The van der Waals surface area contributed by atoms with E-state index in [0.717, 1.165) is 28.0 Å². The molecule has 10 heteroatoms. The molecule has 0 radical (unpaired) electrons. The Balaban J connectivity index is 1.92. The average Bonchev–Trinajstić information content (AvgIpc) is 3.18. The van der Waals surface area contributed by atoms with Crippen molar-refractivity contribution < 1.29 is 13.2 Å². The lowest BCUT2D eigenvalue weighted by Gasteiger charge is -2.22. The van der Waals surface area contributed by atoms with E-state index in [-0.39, 0.29) is 0 Å². The fourth-order valence-corrected chi connectivity index (χ4v) is 3.52. The number of hydrogen-bond acceptors (Lipinski definition) is 4. The lowest BCUT2D eigenvalue weighted by Crippen LogP contribution is -2.39. The van der Waals surface area contributed by atoms with E-state index in [4.69, 9.17) is 0 Å². The summed E-state index contributed by atoms with van der Waals surface area (Å²) >= 11 is 1.02. The number of thiazole rings is 1. The van der Waals surface area contributed by atoms with Crippen molar-refractivity contribution in [3.63, 3.8) is 0 Å². The van der Waals surface area contributed by atoms with Gasteiger partial charge >= 0.3 is 6.18 Å². The summed E-state index contributed by atoms with van der Waals surface area (Å²) in [5.41, 5.74) is 1.33. The zero-order valence-corrected chi connectivity index (χ0v) is 16.9. The molecular weight excluding hydrogens is 377 g/mol. The summed E-state index contributed by atoms with van der Waals surface area (Å²) < 4.78 is 39.6. The van der Waals surface area contributed by atoms with Crippen molar-refractivity contribution in [1.29, 1.82) is 0 Å². The lowest BCUT2D eigenvalue weighted by atomic mass is 10.1. The van der Waals surface area contributed by atoms with E-state index in [1.807, 2.05) is 25.2 Å². The normalized spacial score (nSPS) is 12.7. The van der Waals surface area contributed by atoms with Crippen LogP contribution in [0.5, 0.6) is 0 Å². The average molecular weight is 402 g/mol. The quantitative estimate of drug-likeness (QED) is 0.595. The van der Waals surface area contributed by atoms with Gasteiger partial charge in [-0.2, -0.15) is 18.3 Å². The number of halogens is 3. The fourth-order valence-electron chi connectivity index (χ4n) is 2.72. The van der Waals surface area contributed by atoms with E-state index >= 15 is 0 Å². The van der Waals surface area contributed by atoms with Gasteiger partial charge in [-0.25, -0.2) is 4.98 Å². The minimum Gasteiger partial charge on any atom is -0.356 e. The SMILES string of the molecule is CN=C(NCCc1nc(C(F)(F)F)cs1)N(C)Cc1cn(C)nc1C(C)C. The van der Waals surface area contributed by atoms with Crippen molar-refractivity contribution in [3.8, 4) is 0 Å². The first-order chi connectivity index (χ1) is 12.6. The molecule has 2 aromatic rings. The third kappa shape index (κ3) is 5.69. The van der Waals surface area contributed by atoms with Crippen molar-refractivity contribution in [3.05, 3.63) is 33.5 Å². The van der Waals surface area contributed by atoms with Gasteiger partial charge in [0.05, 0.1) is 10.7 Å². The summed E-state index contributed by atoms with van der Waals surface area (Å²) in [4.78, 5) is 9.85. The second-order valence-corrected chi connectivity index (χ2v) is 7.51. The first-order valence-electron chi connectivity index (χ1n) is 8.57. The number of alkyl halides is 3. The Hall–Kier alpha value is -2.10. The van der Waals surface area contributed by atoms with E-state index in [1.165, 1.54) is 0 Å². The predicted molar refractivity (Wildman–Crippen MR) is 101 cm³/mol. The third-order valence-corrected chi connectivity index (χ3v) is 4.84. The summed E-state index contributed by atoms with van der Waals surface area (Å²) in [6, 6.07) is 0. The maximum Gasteiger partial charge on any atom is 0.434 e. The zero-order chi connectivity index (χ0) is 20.2. The molecule has 6 nitrogen and oxygen atoms in total. The molecule has 0 unspecified atom stereocenters. The molecular formula is C17H25F3N6S. The van der Waals surface area contributed by atoms with Crippen molar-refractivity contribution in [2.45, 2.75) is 38.9 Å². The molecule has 1 N–H and O–H groups in total. The van der Waals surface area contributed by atoms with Crippen LogP contribution in [0.2, 0.25) is 0 Å². The molecule has 2 heterocycles. The van der Waals surface area contributed by atoms with Gasteiger partial charge in [0.15, 0.2) is 11.7 Å². The summed E-state index contributed by atoms with van der Waals surface area (Å²) in [6.45, 7) is 5.28. The molecule has 0 amide bonds. The van der Waals surface area contributed by atoms with E-state index in [1.54, 1.807) is 11.7 Å². The highest BCUT2D eigenvalue weighted by atomic mass is 32.1. The predicted octanol–water partition coefficient (Wildman–Crippen LogP) is 3.27. The van der Waals surface area contributed by atoms with Gasteiger partial charge in [-0.15, -0.1) is 11.3 Å². The van der Waals surface area contributed by atoms with Crippen LogP contribution in [0.25, 0.3) is 0 Å². The Kier molecular flexibility index (Phi) is 6.85. The van der Waals surface area contributed by atoms with Gasteiger partial charge in [-0.3, -0.25) is 9.67 Å². The summed E-state index contributed by atoms with van der Waals surface area (Å²) in [7, 11) is 5.49. The Morgan fingerprint density at radius 3 is 2.67 bits per heavy atom. The van der Waals surface area contributed by atoms with Gasteiger partial charge in [0, 0.05) is 57.8 Å².